The van der Waals surface area contributed by atoms with E-state index in [9.17, 15) is 5.11 Å². The fraction of sp³-hybridized carbons (Fsp3) is 0.273. The van der Waals surface area contributed by atoms with E-state index in [0.29, 0.717) is 5.56 Å². The molecule has 2 N–H and O–H groups in total. The van der Waals surface area contributed by atoms with Crippen LogP contribution in [0.4, 0.5) is 0 Å². The number of hydrogen-bond donors (Lipinski definition) is 2. The Labute approximate surface area is 78.2 Å². The number of hydrogen-bond acceptors (Lipinski definition) is 2. The summed E-state index contributed by atoms with van der Waals surface area (Å²) in [6, 6.07) is 7.31. The molecule has 0 saturated heterocycles. The number of benzene rings is 1. The highest BCUT2D eigenvalue weighted by molar-refractivity contribution is 5.48. The summed E-state index contributed by atoms with van der Waals surface area (Å²) in [4.78, 5) is 0. The molecule has 1 unspecified atom stereocenters. The molecule has 0 amide bonds. The van der Waals surface area contributed by atoms with Crippen LogP contribution in [0.15, 0.2) is 30.8 Å². The molecule has 0 aromatic heterocycles. The van der Waals surface area contributed by atoms with Gasteiger partial charge in [-0.1, -0.05) is 30.9 Å². The van der Waals surface area contributed by atoms with E-state index in [-0.39, 0.29) is 6.61 Å². The summed E-state index contributed by atoms with van der Waals surface area (Å²) in [5, 5.41) is 18.7. The molecule has 0 spiro atoms. The number of aliphatic hydroxyl groups is 2. The summed E-state index contributed by atoms with van der Waals surface area (Å²) < 4.78 is 0. The van der Waals surface area contributed by atoms with Gasteiger partial charge >= 0.3 is 0 Å². The quantitative estimate of drug-likeness (QED) is 0.737. The SMILES string of the molecule is C=Cc1cccc(C(C)(O)CO)c1. The lowest BCUT2D eigenvalue weighted by molar-refractivity contribution is -0.00229. The van der Waals surface area contributed by atoms with Gasteiger partial charge in [0.25, 0.3) is 0 Å². The minimum absolute atomic E-state index is 0.284. The standard InChI is InChI=1S/C11H14O2/c1-3-9-5-4-6-10(7-9)11(2,13)8-12/h3-7,12-13H,1,8H2,2H3. The first kappa shape index (κ1) is 9.96. The second-order valence-electron chi connectivity index (χ2n) is 3.26. The molecule has 0 radical (unpaired) electrons. The Bertz CT molecular complexity index is 303. The lowest BCUT2D eigenvalue weighted by Gasteiger charge is -2.21. The van der Waals surface area contributed by atoms with Crippen LogP contribution in [0.5, 0.6) is 0 Å². The van der Waals surface area contributed by atoms with Crippen LogP contribution < -0.4 is 0 Å². The Morgan fingerprint density at radius 3 is 2.77 bits per heavy atom. The maximum absolute atomic E-state index is 9.73. The highest BCUT2D eigenvalue weighted by Gasteiger charge is 2.21. The van der Waals surface area contributed by atoms with Crippen LogP contribution in [0.2, 0.25) is 0 Å². The molecule has 13 heavy (non-hydrogen) atoms. The van der Waals surface area contributed by atoms with Crippen LogP contribution in [-0.2, 0) is 5.60 Å². The molecule has 0 bridgehead atoms. The first-order valence-electron chi connectivity index (χ1n) is 4.16. The van der Waals surface area contributed by atoms with E-state index in [0.717, 1.165) is 5.56 Å². The van der Waals surface area contributed by atoms with Gasteiger partial charge in [0.15, 0.2) is 0 Å². The summed E-state index contributed by atoms with van der Waals surface area (Å²) in [6.45, 7) is 4.93. The predicted octanol–water partition coefficient (Wildman–Crippen LogP) is 1.53. The number of rotatable bonds is 3. The molecular weight excluding hydrogens is 164 g/mol. The molecule has 1 aromatic rings. The van der Waals surface area contributed by atoms with E-state index in [1.807, 2.05) is 18.2 Å². The normalized spacial score (nSPS) is 15.0. The van der Waals surface area contributed by atoms with Crippen molar-refractivity contribution in [3.05, 3.63) is 42.0 Å². The summed E-state index contributed by atoms with van der Waals surface area (Å²) in [6.07, 6.45) is 1.71. The Morgan fingerprint density at radius 2 is 2.23 bits per heavy atom. The Morgan fingerprint density at radius 1 is 1.54 bits per heavy atom. The van der Waals surface area contributed by atoms with Gasteiger partial charge in [0.1, 0.15) is 5.60 Å². The molecule has 0 aliphatic carbocycles. The van der Waals surface area contributed by atoms with E-state index in [1.165, 1.54) is 0 Å². The molecule has 1 atom stereocenters. The summed E-state index contributed by atoms with van der Waals surface area (Å²) >= 11 is 0. The largest absolute Gasteiger partial charge is 0.393 e. The van der Waals surface area contributed by atoms with Crippen molar-refractivity contribution in [2.45, 2.75) is 12.5 Å². The lowest BCUT2D eigenvalue weighted by Crippen LogP contribution is -2.25. The molecule has 1 aromatic carbocycles. The molecular formula is C11H14O2. The Hall–Kier alpha value is -1.12. The van der Waals surface area contributed by atoms with Crippen molar-refractivity contribution in [3.8, 4) is 0 Å². The summed E-state index contributed by atoms with van der Waals surface area (Å²) in [5.74, 6) is 0. The minimum Gasteiger partial charge on any atom is -0.393 e. The molecule has 70 valence electrons. The molecule has 2 heteroatoms. The van der Waals surface area contributed by atoms with E-state index in [2.05, 4.69) is 6.58 Å². The van der Waals surface area contributed by atoms with E-state index < -0.39 is 5.60 Å². The van der Waals surface area contributed by atoms with Crippen molar-refractivity contribution in [3.63, 3.8) is 0 Å². The summed E-state index contributed by atoms with van der Waals surface area (Å²) in [7, 11) is 0. The zero-order valence-electron chi connectivity index (χ0n) is 7.70. The van der Waals surface area contributed by atoms with Crippen LogP contribution in [0.3, 0.4) is 0 Å². The van der Waals surface area contributed by atoms with Crippen molar-refractivity contribution in [1.29, 1.82) is 0 Å². The smallest absolute Gasteiger partial charge is 0.110 e. The van der Waals surface area contributed by atoms with Gasteiger partial charge in [-0.15, -0.1) is 0 Å². The van der Waals surface area contributed by atoms with Gasteiger partial charge in [-0.2, -0.15) is 0 Å². The van der Waals surface area contributed by atoms with Crippen molar-refractivity contribution in [2.24, 2.45) is 0 Å². The number of aliphatic hydroxyl groups excluding tert-OH is 1. The molecule has 0 aliphatic heterocycles. The van der Waals surface area contributed by atoms with Gasteiger partial charge in [0.05, 0.1) is 6.61 Å². The van der Waals surface area contributed by atoms with E-state index in [4.69, 9.17) is 5.11 Å². The van der Waals surface area contributed by atoms with E-state index in [1.54, 1.807) is 19.1 Å². The van der Waals surface area contributed by atoms with Gasteiger partial charge in [0.2, 0.25) is 0 Å². The predicted molar refractivity (Wildman–Crippen MR) is 53.2 cm³/mol. The van der Waals surface area contributed by atoms with Crippen LogP contribution in [0.1, 0.15) is 18.1 Å². The van der Waals surface area contributed by atoms with Crippen molar-refractivity contribution in [1.82, 2.24) is 0 Å². The highest BCUT2D eigenvalue weighted by atomic mass is 16.3. The zero-order chi connectivity index (χ0) is 9.90. The van der Waals surface area contributed by atoms with Crippen LogP contribution >= 0.6 is 0 Å². The minimum atomic E-state index is -1.17. The van der Waals surface area contributed by atoms with Crippen molar-refractivity contribution in [2.75, 3.05) is 6.61 Å². The average molecular weight is 178 g/mol. The first-order chi connectivity index (χ1) is 6.10. The third kappa shape index (κ3) is 2.17. The summed E-state index contributed by atoms with van der Waals surface area (Å²) in [5.41, 5.74) is 0.470. The Kier molecular flexibility index (Phi) is 2.86. The molecule has 0 saturated carbocycles. The van der Waals surface area contributed by atoms with Crippen LogP contribution in [0, 0.1) is 0 Å². The molecule has 0 fully saturated rings. The fourth-order valence-corrected chi connectivity index (χ4v) is 1.09. The van der Waals surface area contributed by atoms with Crippen molar-refractivity contribution < 1.29 is 10.2 Å². The fourth-order valence-electron chi connectivity index (χ4n) is 1.09. The van der Waals surface area contributed by atoms with Gasteiger partial charge in [0, 0.05) is 0 Å². The third-order valence-corrected chi connectivity index (χ3v) is 2.05. The van der Waals surface area contributed by atoms with Gasteiger partial charge < -0.3 is 10.2 Å². The average Bonchev–Trinajstić information content (AvgIpc) is 2.18. The van der Waals surface area contributed by atoms with Crippen LogP contribution in [0.25, 0.3) is 6.08 Å². The van der Waals surface area contributed by atoms with Gasteiger partial charge in [-0.05, 0) is 24.1 Å². The maximum Gasteiger partial charge on any atom is 0.110 e. The topological polar surface area (TPSA) is 40.5 Å². The zero-order valence-corrected chi connectivity index (χ0v) is 7.70. The third-order valence-electron chi connectivity index (χ3n) is 2.05. The second-order valence-corrected chi connectivity index (χ2v) is 3.26. The van der Waals surface area contributed by atoms with E-state index >= 15 is 0 Å². The van der Waals surface area contributed by atoms with Crippen molar-refractivity contribution >= 4 is 6.08 Å². The monoisotopic (exact) mass is 178 g/mol. The second kappa shape index (κ2) is 3.73. The maximum atomic E-state index is 9.73. The molecule has 0 heterocycles. The van der Waals surface area contributed by atoms with Gasteiger partial charge in [-0.3, -0.25) is 0 Å². The lowest BCUT2D eigenvalue weighted by atomic mass is 9.95. The molecule has 0 aliphatic rings. The first-order valence-corrected chi connectivity index (χ1v) is 4.16. The highest BCUT2D eigenvalue weighted by Crippen LogP contribution is 2.20. The van der Waals surface area contributed by atoms with Crippen LogP contribution in [-0.4, -0.2) is 16.8 Å². The molecule has 2 nitrogen and oxygen atoms in total. The molecule has 1 rings (SSSR count). The Balaban J connectivity index is 3.08. The van der Waals surface area contributed by atoms with Gasteiger partial charge in [-0.25, -0.2) is 0 Å².